The van der Waals surface area contributed by atoms with Gasteiger partial charge in [-0.2, -0.15) is 0 Å². The first-order valence-corrected chi connectivity index (χ1v) is 9.60. The summed E-state index contributed by atoms with van der Waals surface area (Å²) in [6.45, 7) is 11.5. The van der Waals surface area contributed by atoms with E-state index < -0.39 is 0 Å². The second-order valence-corrected chi connectivity index (χ2v) is 7.98. The average molecular weight is 369 g/mol. The number of rotatable bonds is 3. The van der Waals surface area contributed by atoms with Crippen molar-refractivity contribution in [2.24, 2.45) is 0 Å². The van der Waals surface area contributed by atoms with E-state index in [2.05, 4.69) is 46.5 Å². The quantitative estimate of drug-likeness (QED) is 0.842. The predicted molar refractivity (Wildman–Crippen MR) is 105 cm³/mol. The fraction of sp³-hybridized carbons (Fsp3) is 0.550. The van der Waals surface area contributed by atoms with Crippen molar-refractivity contribution in [3.05, 3.63) is 30.7 Å². The molecular weight excluding hydrogens is 342 g/mol. The van der Waals surface area contributed by atoms with Gasteiger partial charge in [0.25, 0.3) is 0 Å². The lowest BCUT2D eigenvalue weighted by atomic mass is 9.91. The van der Waals surface area contributed by atoms with Gasteiger partial charge >= 0.3 is 0 Å². The minimum atomic E-state index is -0.296. The van der Waals surface area contributed by atoms with Gasteiger partial charge in [-0.25, -0.2) is 9.97 Å². The summed E-state index contributed by atoms with van der Waals surface area (Å²) in [6, 6.07) is 0. The lowest BCUT2D eigenvalue weighted by Crippen LogP contribution is -2.61. The molecule has 7 heteroatoms. The third-order valence-corrected chi connectivity index (χ3v) is 5.78. The van der Waals surface area contributed by atoms with E-state index in [1.807, 2.05) is 4.90 Å². The van der Waals surface area contributed by atoms with Gasteiger partial charge in [-0.3, -0.25) is 4.79 Å². The zero-order valence-corrected chi connectivity index (χ0v) is 16.1. The van der Waals surface area contributed by atoms with Crippen molar-refractivity contribution in [2.45, 2.75) is 38.1 Å². The SMILES string of the molecule is C=CC(=O)N1CCN(c2ncnc3[nH]cc(C4CCOCC4)c23)CC1(C)C. The lowest BCUT2D eigenvalue weighted by Gasteiger charge is -2.47. The molecule has 0 bridgehead atoms. The predicted octanol–water partition coefficient (Wildman–Crippen LogP) is 2.47. The summed E-state index contributed by atoms with van der Waals surface area (Å²) in [6.07, 6.45) is 7.15. The van der Waals surface area contributed by atoms with Crippen LogP contribution in [0.3, 0.4) is 0 Å². The molecule has 2 aliphatic heterocycles. The molecule has 0 saturated carbocycles. The van der Waals surface area contributed by atoms with Crippen LogP contribution in [-0.2, 0) is 9.53 Å². The van der Waals surface area contributed by atoms with Crippen molar-refractivity contribution in [3.8, 4) is 0 Å². The molecule has 4 rings (SSSR count). The highest BCUT2D eigenvalue weighted by molar-refractivity contribution is 5.92. The number of amides is 1. The van der Waals surface area contributed by atoms with Crippen LogP contribution in [0.15, 0.2) is 25.2 Å². The molecule has 1 N–H and O–H groups in total. The first-order valence-electron chi connectivity index (χ1n) is 9.60. The van der Waals surface area contributed by atoms with Crippen LogP contribution in [0.2, 0.25) is 0 Å². The molecule has 0 unspecified atom stereocenters. The fourth-order valence-corrected chi connectivity index (χ4v) is 4.39. The van der Waals surface area contributed by atoms with Crippen molar-refractivity contribution in [1.82, 2.24) is 19.9 Å². The van der Waals surface area contributed by atoms with Gasteiger partial charge < -0.3 is 19.5 Å². The minimum absolute atomic E-state index is 0.0166. The molecule has 2 aromatic heterocycles. The van der Waals surface area contributed by atoms with Gasteiger partial charge in [0, 0.05) is 39.0 Å². The number of nitrogens with zero attached hydrogens (tertiary/aromatic N) is 4. The zero-order valence-electron chi connectivity index (χ0n) is 16.1. The number of nitrogens with one attached hydrogen (secondary N) is 1. The molecule has 2 aliphatic rings. The van der Waals surface area contributed by atoms with Crippen LogP contribution in [0.5, 0.6) is 0 Å². The lowest BCUT2D eigenvalue weighted by molar-refractivity contribution is -0.131. The largest absolute Gasteiger partial charge is 0.381 e. The Kier molecular flexibility index (Phi) is 4.63. The summed E-state index contributed by atoms with van der Waals surface area (Å²) in [5, 5.41) is 1.11. The molecule has 2 fully saturated rings. The number of carbonyl (C=O) groups excluding carboxylic acids is 1. The summed E-state index contributed by atoms with van der Waals surface area (Å²) in [5.74, 6) is 1.41. The Morgan fingerprint density at radius 2 is 2.11 bits per heavy atom. The monoisotopic (exact) mass is 369 g/mol. The standard InChI is InChI=1S/C20H27N5O2/c1-4-16(26)25-8-7-24(12-20(25,2)3)19-17-15(14-5-9-27-10-6-14)11-21-18(17)22-13-23-19/h4,11,13-14H,1,5-10,12H2,2-3H3,(H,21,22,23). The Bertz CT molecular complexity index is 853. The van der Waals surface area contributed by atoms with Crippen molar-refractivity contribution in [2.75, 3.05) is 37.7 Å². The maximum Gasteiger partial charge on any atom is 0.246 e. The highest BCUT2D eigenvalue weighted by Crippen LogP contribution is 2.37. The number of piperazine rings is 1. The molecule has 144 valence electrons. The second-order valence-electron chi connectivity index (χ2n) is 7.98. The van der Waals surface area contributed by atoms with E-state index in [9.17, 15) is 4.79 Å². The Hall–Kier alpha value is -2.41. The van der Waals surface area contributed by atoms with E-state index in [1.165, 1.54) is 11.6 Å². The maximum absolute atomic E-state index is 12.2. The number of hydrogen-bond acceptors (Lipinski definition) is 5. The normalized spacial score (nSPS) is 20.8. The third kappa shape index (κ3) is 3.20. The maximum atomic E-state index is 12.2. The van der Waals surface area contributed by atoms with E-state index in [-0.39, 0.29) is 11.4 Å². The number of hydrogen-bond donors (Lipinski definition) is 1. The smallest absolute Gasteiger partial charge is 0.246 e. The van der Waals surface area contributed by atoms with E-state index in [1.54, 1.807) is 6.33 Å². The Balaban J connectivity index is 1.69. The number of H-pyrrole nitrogens is 1. The molecule has 2 aromatic rings. The van der Waals surface area contributed by atoms with Gasteiger partial charge in [0.1, 0.15) is 17.8 Å². The van der Waals surface area contributed by atoms with Crippen LogP contribution in [0.1, 0.15) is 38.2 Å². The molecular formula is C20H27N5O2. The molecule has 0 atom stereocenters. The fourth-order valence-electron chi connectivity index (χ4n) is 4.39. The van der Waals surface area contributed by atoms with Gasteiger partial charge in [0.2, 0.25) is 5.91 Å². The second kappa shape index (κ2) is 6.96. The van der Waals surface area contributed by atoms with Crippen LogP contribution in [-0.4, -0.2) is 64.1 Å². The Labute approximate surface area is 159 Å². The highest BCUT2D eigenvalue weighted by Gasteiger charge is 2.37. The van der Waals surface area contributed by atoms with Gasteiger partial charge in [0.15, 0.2) is 0 Å². The molecule has 27 heavy (non-hydrogen) atoms. The molecule has 0 aliphatic carbocycles. The third-order valence-electron chi connectivity index (χ3n) is 5.78. The molecule has 0 aromatic carbocycles. The van der Waals surface area contributed by atoms with Crippen LogP contribution in [0.4, 0.5) is 5.82 Å². The van der Waals surface area contributed by atoms with Crippen molar-refractivity contribution in [1.29, 1.82) is 0 Å². The molecule has 0 radical (unpaired) electrons. The molecule has 7 nitrogen and oxygen atoms in total. The van der Waals surface area contributed by atoms with E-state index in [0.29, 0.717) is 12.5 Å². The van der Waals surface area contributed by atoms with Crippen molar-refractivity contribution < 1.29 is 9.53 Å². The zero-order chi connectivity index (χ0) is 19.0. The molecule has 4 heterocycles. The first kappa shape index (κ1) is 18.0. The molecule has 0 spiro atoms. The number of aromatic nitrogens is 3. The minimum Gasteiger partial charge on any atom is -0.381 e. The highest BCUT2D eigenvalue weighted by atomic mass is 16.5. The Morgan fingerprint density at radius 1 is 1.33 bits per heavy atom. The van der Waals surface area contributed by atoms with Crippen LogP contribution < -0.4 is 4.90 Å². The van der Waals surface area contributed by atoms with Crippen molar-refractivity contribution >= 4 is 22.8 Å². The first-order chi connectivity index (χ1) is 13.0. The van der Waals surface area contributed by atoms with E-state index in [4.69, 9.17) is 4.74 Å². The summed E-state index contributed by atoms with van der Waals surface area (Å²) in [4.78, 5) is 28.8. The summed E-state index contributed by atoms with van der Waals surface area (Å²) < 4.78 is 5.53. The number of fused-ring (bicyclic) bond motifs is 1. The summed E-state index contributed by atoms with van der Waals surface area (Å²) in [7, 11) is 0. The number of aromatic amines is 1. The van der Waals surface area contributed by atoms with E-state index in [0.717, 1.165) is 56.0 Å². The number of carbonyl (C=O) groups is 1. The number of anilines is 1. The van der Waals surface area contributed by atoms with E-state index >= 15 is 0 Å². The van der Waals surface area contributed by atoms with Gasteiger partial charge in [-0.05, 0) is 44.2 Å². The summed E-state index contributed by atoms with van der Waals surface area (Å²) in [5.41, 5.74) is 1.87. The van der Waals surface area contributed by atoms with Gasteiger partial charge in [0.05, 0.1) is 10.9 Å². The topological polar surface area (TPSA) is 74.4 Å². The number of ether oxygens (including phenoxy) is 1. The van der Waals surface area contributed by atoms with Gasteiger partial charge in [-0.15, -0.1) is 0 Å². The Morgan fingerprint density at radius 3 is 2.81 bits per heavy atom. The van der Waals surface area contributed by atoms with Crippen LogP contribution in [0.25, 0.3) is 11.0 Å². The van der Waals surface area contributed by atoms with Crippen LogP contribution >= 0.6 is 0 Å². The molecule has 2 saturated heterocycles. The van der Waals surface area contributed by atoms with Crippen molar-refractivity contribution in [3.63, 3.8) is 0 Å². The average Bonchev–Trinajstić information content (AvgIpc) is 3.11. The summed E-state index contributed by atoms with van der Waals surface area (Å²) >= 11 is 0. The van der Waals surface area contributed by atoms with Crippen LogP contribution in [0, 0.1) is 0 Å². The van der Waals surface area contributed by atoms with Gasteiger partial charge in [-0.1, -0.05) is 6.58 Å². The molecule has 1 amide bonds.